The van der Waals surface area contributed by atoms with E-state index in [2.05, 4.69) is 10.3 Å². The lowest BCUT2D eigenvalue weighted by Crippen LogP contribution is -2.29. The largest absolute Gasteiger partial charge is 0.311 e. The average Bonchev–Trinajstić information content (AvgIpc) is 2.96. The Morgan fingerprint density at radius 3 is 2.69 bits per heavy atom. The number of amides is 2. The van der Waals surface area contributed by atoms with Crippen LogP contribution in [0.25, 0.3) is 6.08 Å². The maximum Gasteiger partial charge on any atom is 0.266 e. The zero-order valence-corrected chi connectivity index (χ0v) is 17.6. The van der Waals surface area contributed by atoms with Gasteiger partial charge in [0, 0.05) is 19.2 Å². The molecule has 0 bridgehead atoms. The van der Waals surface area contributed by atoms with E-state index in [9.17, 15) is 9.59 Å². The van der Waals surface area contributed by atoms with Crippen LogP contribution in [-0.4, -0.2) is 32.6 Å². The van der Waals surface area contributed by atoms with E-state index in [-0.39, 0.29) is 11.8 Å². The minimum Gasteiger partial charge on any atom is -0.311 e. The van der Waals surface area contributed by atoms with Gasteiger partial charge in [-0.05, 0) is 42.7 Å². The summed E-state index contributed by atoms with van der Waals surface area (Å²) in [6, 6.07) is 15.3. The number of anilines is 1. The second-order valence-electron chi connectivity index (χ2n) is 6.50. The highest BCUT2D eigenvalue weighted by Gasteiger charge is 2.31. The van der Waals surface area contributed by atoms with E-state index in [1.807, 2.05) is 55.5 Å². The van der Waals surface area contributed by atoms with Crippen molar-refractivity contribution < 1.29 is 9.59 Å². The van der Waals surface area contributed by atoms with Gasteiger partial charge in [0.1, 0.15) is 10.1 Å². The van der Waals surface area contributed by atoms with Crippen molar-refractivity contribution in [3.05, 3.63) is 76.8 Å². The third kappa shape index (κ3) is 6.10. The molecule has 1 saturated heterocycles. The third-order valence-electron chi connectivity index (χ3n) is 4.14. The van der Waals surface area contributed by atoms with Crippen LogP contribution in [0.3, 0.4) is 0 Å². The summed E-state index contributed by atoms with van der Waals surface area (Å²) in [4.78, 5) is 30.9. The Morgan fingerprint density at radius 2 is 1.97 bits per heavy atom. The van der Waals surface area contributed by atoms with Gasteiger partial charge in [-0.15, -0.1) is 0 Å². The van der Waals surface area contributed by atoms with Crippen molar-refractivity contribution in [1.29, 1.82) is 0 Å². The Bertz CT molecular complexity index is 957. The van der Waals surface area contributed by atoms with Crippen LogP contribution in [0.5, 0.6) is 0 Å². The first-order valence-corrected chi connectivity index (χ1v) is 10.4. The first-order valence-electron chi connectivity index (χ1n) is 9.22. The van der Waals surface area contributed by atoms with Crippen molar-refractivity contribution in [1.82, 2.24) is 9.88 Å². The summed E-state index contributed by atoms with van der Waals surface area (Å²) in [6.07, 6.45) is 6.32. The maximum atomic E-state index is 12.7. The number of carbonyl (C=O) groups is 2. The zero-order chi connectivity index (χ0) is 20.6. The summed E-state index contributed by atoms with van der Waals surface area (Å²) in [7, 11) is 0. The molecule has 0 unspecified atom stereocenters. The van der Waals surface area contributed by atoms with Gasteiger partial charge >= 0.3 is 0 Å². The second-order valence-corrected chi connectivity index (χ2v) is 8.17. The van der Waals surface area contributed by atoms with Gasteiger partial charge in [-0.2, -0.15) is 0 Å². The predicted octanol–water partition coefficient (Wildman–Crippen LogP) is 4.65. The number of thioether (sulfide) groups is 1. The first kappa shape index (κ1) is 21.0. The summed E-state index contributed by atoms with van der Waals surface area (Å²) in [5, 5.41) is 2.74. The molecule has 148 valence electrons. The first-order chi connectivity index (χ1) is 14.0. The van der Waals surface area contributed by atoms with Gasteiger partial charge < -0.3 is 5.32 Å². The highest BCUT2D eigenvalue weighted by Crippen LogP contribution is 2.32. The van der Waals surface area contributed by atoms with Crippen molar-refractivity contribution in [2.75, 3.05) is 11.9 Å². The van der Waals surface area contributed by atoms with Crippen LogP contribution in [0.15, 0.2) is 71.3 Å². The highest BCUT2D eigenvalue weighted by atomic mass is 32.2. The standard InChI is InChI=1S/C22H21N3O2S2/c1-16(14-17-8-3-2-4-9-17)15-18-21(27)25(22(28)29-18)13-7-11-20(26)24-19-10-5-6-12-23-19/h2-6,8-10,12,14-15H,7,11,13H2,1H3,(H,23,24,26). The van der Waals surface area contributed by atoms with Crippen molar-refractivity contribution in [3.8, 4) is 0 Å². The molecule has 5 nitrogen and oxygen atoms in total. The number of nitrogens with one attached hydrogen (secondary N) is 1. The van der Waals surface area contributed by atoms with Crippen LogP contribution < -0.4 is 5.32 Å². The minimum absolute atomic E-state index is 0.106. The smallest absolute Gasteiger partial charge is 0.266 e. The molecule has 1 aliphatic rings. The SMILES string of the molecule is CC(=Cc1ccccc1)C=C1SC(=S)N(CCCC(=O)Nc2ccccn2)C1=O. The molecule has 29 heavy (non-hydrogen) atoms. The van der Waals surface area contributed by atoms with Gasteiger partial charge in [-0.1, -0.05) is 66.5 Å². The van der Waals surface area contributed by atoms with E-state index in [0.29, 0.717) is 34.4 Å². The van der Waals surface area contributed by atoms with Gasteiger partial charge in [-0.25, -0.2) is 4.98 Å². The number of allylic oxidation sites excluding steroid dienone is 2. The molecule has 0 atom stereocenters. The summed E-state index contributed by atoms with van der Waals surface area (Å²) >= 11 is 6.66. The number of thiocarbonyl (C=S) groups is 1. The van der Waals surface area contributed by atoms with Crippen LogP contribution in [0.4, 0.5) is 5.82 Å². The van der Waals surface area contributed by atoms with Gasteiger partial charge in [0.05, 0.1) is 4.91 Å². The highest BCUT2D eigenvalue weighted by molar-refractivity contribution is 8.26. The van der Waals surface area contributed by atoms with Crippen molar-refractivity contribution in [2.24, 2.45) is 0 Å². The molecule has 0 aliphatic carbocycles. The molecular formula is C22H21N3O2S2. The van der Waals surface area contributed by atoms with Crippen LogP contribution in [0, 0.1) is 0 Å². The van der Waals surface area contributed by atoms with Crippen molar-refractivity contribution >= 4 is 52.0 Å². The number of carbonyl (C=O) groups excluding carboxylic acids is 2. The summed E-state index contributed by atoms with van der Waals surface area (Å²) in [5.74, 6) is 0.281. The lowest BCUT2D eigenvalue weighted by molar-refractivity contribution is -0.122. The van der Waals surface area contributed by atoms with Crippen LogP contribution >= 0.6 is 24.0 Å². The molecule has 1 aromatic heterocycles. The molecule has 3 rings (SSSR count). The molecule has 2 aromatic rings. The third-order valence-corrected chi connectivity index (χ3v) is 5.52. The minimum atomic E-state index is -0.133. The monoisotopic (exact) mass is 423 g/mol. The second kappa shape index (κ2) is 10.1. The van der Waals surface area contributed by atoms with E-state index in [1.54, 1.807) is 23.2 Å². The van der Waals surface area contributed by atoms with Gasteiger partial charge in [0.2, 0.25) is 5.91 Å². The molecule has 0 spiro atoms. The van der Waals surface area contributed by atoms with E-state index >= 15 is 0 Å². The normalized spacial score (nSPS) is 15.8. The van der Waals surface area contributed by atoms with E-state index < -0.39 is 0 Å². The Balaban J connectivity index is 1.53. The molecule has 2 amide bonds. The van der Waals surface area contributed by atoms with E-state index in [0.717, 1.165) is 11.1 Å². The molecule has 2 heterocycles. The number of aromatic nitrogens is 1. The zero-order valence-electron chi connectivity index (χ0n) is 16.0. The van der Waals surface area contributed by atoms with Crippen LogP contribution in [0.1, 0.15) is 25.3 Å². The van der Waals surface area contributed by atoms with E-state index in [1.165, 1.54) is 11.8 Å². The molecular weight excluding hydrogens is 402 g/mol. The van der Waals surface area contributed by atoms with Gasteiger partial charge in [-0.3, -0.25) is 14.5 Å². The van der Waals surface area contributed by atoms with Crippen LogP contribution in [0.2, 0.25) is 0 Å². The molecule has 7 heteroatoms. The van der Waals surface area contributed by atoms with Crippen LogP contribution in [-0.2, 0) is 9.59 Å². The fraction of sp³-hybridized carbons (Fsp3) is 0.182. The molecule has 0 radical (unpaired) electrons. The maximum absolute atomic E-state index is 12.7. The molecule has 1 aromatic carbocycles. The number of hydrogen-bond acceptors (Lipinski definition) is 5. The van der Waals surface area contributed by atoms with E-state index in [4.69, 9.17) is 12.2 Å². The molecule has 1 fully saturated rings. The summed E-state index contributed by atoms with van der Waals surface area (Å²) < 4.78 is 0.527. The number of hydrogen-bond donors (Lipinski definition) is 1. The van der Waals surface area contributed by atoms with Gasteiger partial charge in [0.15, 0.2) is 0 Å². The quantitative estimate of drug-likeness (QED) is 0.519. The Kier molecular flexibility index (Phi) is 7.32. The number of rotatable bonds is 7. The molecule has 1 N–H and O–H groups in total. The average molecular weight is 424 g/mol. The molecule has 0 saturated carbocycles. The summed E-state index contributed by atoms with van der Waals surface area (Å²) in [5.41, 5.74) is 2.06. The predicted molar refractivity (Wildman–Crippen MR) is 122 cm³/mol. The number of pyridine rings is 1. The van der Waals surface area contributed by atoms with Crippen molar-refractivity contribution in [3.63, 3.8) is 0 Å². The lowest BCUT2D eigenvalue weighted by atomic mass is 10.1. The Hall–Kier alpha value is -2.77. The summed E-state index contributed by atoms with van der Waals surface area (Å²) in [6.45, 7) is 2.38. The topological polar surface area (TPSA) is 62.3 Å². The molecule has 1 aliphatic heterocycles. The van der Waals surface area contributed by atoms with Gasteiger partial charge in [0.25, 0.3) is 5.91 Å². The van der Waals surface area contributed by atoms with Crippen molar-refractivity contribution in [2.45, 2.75) is 19.8 Å². The fourth-order valence-corrected chi connectivity index (χ4v) is 4.15. The number of benzene rings is 1. The Morgan fingerprint density at radius 1 is 1.21 bits per heavy atom. The fourth-order valence-electron chi connectivity index (χ4n) is 2.79. The lowest BCUT2D eigenvalue weighted by Gasteiger charge is -2.14. The number of nitrogens with zero attached hydrogens (tertiary/aromatic N) is 2. The Labute approximate surface area is 179 Å².